The van der Waals surface area contributed by atoms with Crippen molar-refractivity contribution < 1.29 is 18.2 Å². The Balaban J connectivity index is 1.35. The molecule has 1 aliphatic carbocycles. The van der Waals surface area contributed by atoms with Gasteiger partial charge in [0.15, 0.2) is 0 Å². The number of rotatable bonds is 10. The maximum absolute atomic E-state index is 14.7. The molecule has 11 heteroatoms. The van der Waals surface area contributed by atoms with Crippen LogP contribution in [0.15, 0.2) is 24.4 Å². The molecule has 2 bridgehead atoms. The lowest BCUT2D eigenvalue weighted by Crippen LogP contribution is -2.50. The summed E-state index contributed by atoms with van der Waals surface area (Å²) in [5.74, 6) is -0.347. The number of carbonyl (C=O) groups is 1. The molecule has 2 aliphatic rings. The number of hydrogen-bond donors (Lipinski definition) is 2. The topological polar surface area (TPSA) is 114 Å². The third kappa shape index (κ3) is 5.24. The molecule has 1 saturated heterocycles. The van der Waals surface area contributed by atoms with Crippen LogP contribution in [0.3, 0.4) is 0 Å². The molecule has 0 radical (unpaired) electrons. The summed E-state index contributed by atoms with van der Waals surface area (Å²) in [5, 5.41) is 23.5. The molecule has 4 rings (SSSR count). The molecular weight excluding hydrogens is 439 g/mol. The standard InChI is InChI=1S/C21H24ClFN6O3/c22-32-6-5-31-12-17-11-29(28-27-17)18-4-2-13(19(23)9-18)7-16(10-24)26-21(30)20-14-1-3-15(8-14)25-20/h2,4,9,11,14-16,20,25H,1,3,5-8,12H2,(H,26,30)/t14-,15+,16-,20-/m0/s1. The summed E-state index contributed by atoms with van der Waals surface area (Å²) in [7, 11) is 0. The van der Waals surface area contributed by atoms with E-state index < -0.39 is 11.9 Å². The molecule has 1 aliphatic heterocycles. The molecule has 2 fully saturated rings. The van der Waals surface area contributed by atoms with Crippen LogP contribution in [0.5, 0.6) is 0 Å². The van der Waals surface area contributed by atoms with Crippen molar-refractivity contribution in [1.82, 2.24) is 25.6 Å². The molecule has 170 valence electrons. The number of piperidine rings is 1. The quantitative estimate of drug-likeness (QED) is 0.517. The van der Waals surface area contributed by atoms with Gasteiger partial charge in [0.05, 0.1) is 55.7 Å². The normalized spacial score (nSPS) is 22.6. The van der Waals surface area contributed by atoms with E-state index in [9.17, 15) is 14.4 Å². The average Bonchev–Trinajstić information content (AvgIpc) is 3.55. The molecule has 0 unspecified atom stereocenters. The average molecular weight is 463 g/mol. The minimum atomic E-state index is -0.809. The second-order valence-corrected chi connectivity index (χ2v) is 8.32. The summed E-state index contributed by atoms with van der Waals surface area (Å²) < 4.78 is 25.9. The Bertz CT molecular complexity index is 996. The van der Waals surface area contributed by atoms with Gasteiger partial charge in [-0.25, -0.2) is 9.07 Å². The van der Waals surface area contributed by atoms with Crippen molar-refractivity contribution in [2.45, 2.75) is 50.4 Å². The first-order valence-corrected chi connectivity index (χ1v) is 10.9. The first-order chi connectivity index (χ1) is 15.6. The fraction of sp³-hybridized carbons (Fsp3) is 0.524. The summed E-state index contributed by atoms with van der Waals surface area (Å²) in [6.07, 6.45) is 4.84. The lowest BCUT2D eigenvalue weighted by molar-refractivity contribution is -0.124. The van der Waals surface area contributed by atoms with Crippen LogP contribution in [0.25, 0.3) is 5.69 Å². The first-order valence-electron chi connectivity index (χ1n) is 10.5. The molecule has 2 N–H and O–H groups in total. The van der Waals surface area contributed by atoms with Gasteiger partial charge in [-0.1, -0.05) is 11.3 Å². The summed E-state index contributed by atoms with van der Waals surface area (Å²) in [6, 6.07) is 5.99. The third-order valence-corrected chi connectivity index (χ3v) is 6.09. The lowest BCUT2D eigenvalue weighted by Gasteiger charge is -2.23. The number of ether oxygens (including phenoxy) is 1. The Kier molecular flexibility index (Phi) is 7.32. The molecule has 1 saturated carbocycles. The van der Waals surface area contributed by atoms with Crippen LogP contribution < -0.4 is 10.6 Å². The Morgan fingerprint density at radius 3 is 3.00 bits per heavy atom. The van der Waals surface area contributed by atoms with Crippen molar-refractivity contribution in [2.24, 2.45) is 5.92 Å². The van der Waals surface area contributed by atoms with Crippen LogP contribution in [0.2, 0.25) is 0 Å². The zero-order chi connectivity index (χ0) is 22.5. The molecule has 9 nitrogen and oxygen atoms in total. The number of hydrogen-bond acceptors (Lipinski definition) is 7. The Labute approximate surface area is 190 Å². The van der Waals surface area contributed by atoms with E-state index in [0.29, 0.717) is 35.5 Å². The lowest BCUT2D eigenvalue weighted by atomic mass is 9.98. The number of benzene rings is 1. The molecule has 4 atom stereocenters. The summed E-state index contributed by atoms with van der Waals surface area (Å²) >= 11 is 5.11. The van der Waals surface area contributed by atoms with Crippen molar-refractivity contribution >= 4 is 17.8 Å². The maximum Gasteiger partial charge on any atom is 0.238 e. The predicted molar refractivity (Wildman–Crippen MR) is 112 cm³/mol. The Morgan fingerprint density at radius 2 is 2.31 bits per heavy atom. The molecule has 0 spiro atoms. The highest BCUT2D eigenvalue weighted by Gasteiger charge is 2.43. The van der Waals surface area contributed by atoms with E-state index in [-0.39, 0.29) is 31.6 Å². The van der Waals surface area contributed by atoms with Gasteiger partial charge >= 0.3 is 0 Å². The van der Waals surface area contributed by atoms with Gasteiger partial charge in [0.2, 0.25) is 5.91 Å². The first kappa shape index (κ1) is 22.6. The van der Waals surface area contributed by atoms with Crippen LogP contribution >= 0.6 is 11.9 Å². The number of aromatic nitrogens is 3. The van der Waals surface area contributed by atoms with E-state index >= 15 is 0 Å². The Morgan fingerprint density at radius 1 is 1.44 bits per heavy atom. The fourth-order valence-electron chi connectivity index (χ4n) is 4.36. The number of fused-ring (bicyclic) bond motifs is 2. The second-order valence-electron chi connectivity index (χ2n) is 8.10. The zero-order valence-electron chi connectivity index (χ0n) is 17.3. The number of nitriles is 1. The largest absolute Gasteiger partial charge is 0.373 e. The fourth-order valence-corrected chi connectivity index (χ4v) is 4.43. The molecule has 1 amide bonds. The van der Waals surface area contributed by atoms with Crippen LogP contribution in [-0.2, 0) is 26.8 Å². The van der Waals surface area contributed by atoms with E-state index in [2.05, 4.69) is 31.3 Å². The van der Waals surface area contributed by atoms with Gasteiger partial charge in [-0.3, -0.25) is 9.08 Å². The SMILES string of the molecule is N#C[C@H](Cc1ccc(-n2cc(COCCOCl)nn2)cc1F)NC(=O)[C@H]1N[C@@H]2CC[C@H]1C2. The molecule has 32 heavy (non-hydrogen) atoms. The van der Waals surface area contributed by atoms with Gasteiger partial charge in [-0.2, -0.15) is 5.26 Å². The molecule has 2 aromatic rings. The highest BCUT2D eigenvalue weighted by Crippen LogP contribution is 2.35. The van der Waals surface area contributed by atoms with E-state index in [1.807, 2.05) is 0 Å². The van der Waals surface area contributed by atoms with E-state index in [1.54, 1.807) is 18.3 Å². The van der Waals surface area contributed by atoms with Crippen LogP contribution in [0.4, 0.5) is 4.39 Å². The zero-order valence-corrected chi connectivity index (χ0v) is 18.1. The van der Waals surface area contributed by atoms with Gasteiger partial charge < -0.3 is 15.4 Å². The van der Waals surface area contributed by atoms with Crippen LogP contribution in [-0.4, -0.2) is 52.2 Å². The van der Waals surface area contributed by atoms with Crippen molar-refractivity contribution in [3.05, 3.63) is 41.5 Å². The number of nitrogens with one attached hydrogen (secondary N) is 2. The number of carbonyl (C=O) groups excluding carboxylic acids is 1. The van der Waals surface area contributed by atoms with Gasteiger partial charge in [-0.15, -0.1) is 5.10 Å². The van der Waals surface area contributed by atoms with Gasteiger partial charge in [0.1, 0.15) is 17.6 Å². The number of halogens is 2. The Hall–Kier alpha value is -2.58. The van der Waals surface area contributed by atoms with Crippen LogP contribution in [0, 0.1) is 23.1 Å². The smallest absolute Gasteiger partial charge is 0.238 e. The highest BCUT2D eigenvalue weighted by molar-refractivity contribution is 6.07. The molecule has 2 heterocycles. The number of amides is 1. The van der Waals surface area contributed by atoms with Gasteiger partial charge in [-0.05, 0) is 42.9 Å². The summed E-state index contributed by atoms with van der Waals surface area (Å²) in [5.41, 5.74) is 1.40. The predicted octanol–water partition coefficient (Wildman–Crippen LogP) is 1.78. The maximum atomic E-state index is 14.7. The van der Waals surface area contributed by atoms with Crippen LogP contribution in [0.1, 0.15) is 30.5 Å². The van der Waals surface area contributed by atoms with Crippen molar-refractivity contribution in [1.29, 1.82) is 5.26 Å². The minimum absolute atomic E-state index is 0.0776. The van der Waals surface area contributed by atoms with E-state index in [4.69, 9.17) is 16.6 Å². The summed E-state index contributed by atoms with van der Waals surface area (Å²) in [4.78, 5) is 12.6. The summed E-state index contributed by atoms with van der Waals surface area (Å²) in [6.45, 7) is 0.793. The molecule has 1 aromatic carbocycles. The van der Waals surface area contributed by atoms with E-state index in [1.165, 1.54) is 10.7 Å². The molecule has 1 aromatic heterocycles. The van der Waals surface area contributed by atoms with Crippen molar-refractivity contribution in [2.75, 3.05) is 13.2 Å². The minimum Gasteiger partial charge on any atom is -0.373 e. The second kappa shape index (κ2) is 10.4. The monoisotopic (exact) mass is 462 g/mol. The van der Waals surface area contributed by atoms with Gasteiger partial charge in [0, 0.05) is 12.5 Å². The van der Waals surface area contributed by atoms with Gasteiger partial charge in [0.25, 0.3) is 0 Å². The molecular formula is C21H24ClFN6O3. The van der Waals surface area contributed by atoms with Crippen molar-refractivity contribution in [3.8, 4) is 11.8 Å². The van der Waals surface area contributed by atoms with E-state index in [0.717, 1.165) is 19.3 Å². The highest BCUT2D eigenvalue weighted by atomic mass is 35.5. The third-order valence-electron chi connectivity index (χ3n) is 5.94. The number of nitrogens with zero attached hydrogens (tertiary/aromatic N) is 4. The van der Waals surface area contributed by atoms with Crippen molar-refractivity contribution in [3.63, 3.8) is 0 Å².